The number of aliphatic imine (C=N–C) groups is 1. The fourth-order valence-corrected chi connectivity index (χ4v) is 4.64. The smallest absolute Gasteiger partial charge is 0.161 e. The molecule has 146 valence electrons. The minimum Gasteiger partial charge on any atom is -0.379 e. The van der Waals surface area contributed by atoms with Crippen molar-refractivity contribution < 1.29 is 13.6 Å². The maximum atomic E-state index is 13.9. The molecule has 0 radical (unpaired) electrons. The summed E-state index contributed by atoms with van der Waals surface area (Å²) in [5, 5.41) is 4.05. The molecule has 4 rings (SSSR count). The number of hydrogen-bond acceptors (Lipinski definition) is 3. The maximum absolute atomic E-state index is 13.9. The molecule has 1 aliphatic heterocycles. The van der Waals surface area contributed by atoms with Crippen LogP contribution in [0, 0.1) is 23.0 Å². The van der Waals surface area contributed by atoms with E-state index in [-0.39, 0.29) is 22.9 Å². The van der Waals surface area contributed by atoms with E-state index in [1.54, 1.807) is 18.2 Å². The van der Waals surface area contributed by atoms with Gasteiger partial charge in [-0.2, -0.15) is 0 Å². The summed E-state index contributed by atoms with van der Waals surface area (Å²) in [7, 11) is 0. The second-order valence-electron chi connectivity index (χ2n) is 8.14. The lowest BCUT2D eigenvalue weighted by molar-refractivity contribution is -0.125. The third-order valence-electron chi connectivity index (χ3n) is 5.30. The minimum absolute atomic E-state index is 0.0206. The van der Waals surface area contributed by atoms with Gasteiger partial charge in [-0.25, -0.2) is 13.8 Å². The molecule has 1 N–H and O–H groups in total. The summed E-state index contributed by atoms with van der Waals surface area (Å²) in [6.07, 6.45) is 1.06. The first kappa shape index (κ1) is 19.3. The van der Waals surface area contributed by atoms with Crippen LogP contribution in [-0.4, -0.2) is 17.5 Å². The van der Waals surface area contributed by atoms with Gasteiger partial charge < -0.3 is 5.32 Å². The highest BCUT2D eigenvalue weighted by Crippen LogP contribution is 2.44. The molecule has 0 amide bonds. The highest BCUT2D eigenvalue weighted by molar-refractivity contribution is 6.37. The number of nitrogens with one attached hydrogen (secondary N) is 1. The van der Waals surface area contributed by atoms with E-state index in [4.69, 9.17) is 23.2 Å². The van der Waals surface area contributed by atoms with Gasteiger partial charge in [0.1, 0.15) is 5.78 Å². The summed E-state index contributed by atoms with van der Waals surface area (Å²) >= 11 is 12.4. The number of ketones is 1. The van der Waals surface area contributed by atoms with Crippen LogP contribution >= 0.6 is 23.2 Å². The van der Waals surface area contributed by atoms with Gasteiger partial charge in [0.2, 0.25) is 0 Å². The molecule has 28 heavy (non-hydrogen) atoms. The third kappa shape index (κ3) is 3.42. The summed E-state index contributed by atoms with van der Waals surface area (Å²) in [5.74, 6) is -2.52. The normalized spacial score (nSPS) is 23.2. The molecule has 0 spiro atoms. The van der Waals surface area contributed by atoms with Gasteiger partial charge in [0, 0.05) is 35.2 Å². The zero-order valence-corrected chi connectivity index (χ0v) is 16.8. The number of Topliss-reactive ketones (excluding diaryl/α,β-unsaturated/α-hetero) is 1. The van der Waals surface area contributed by atoms with Gasteiger partial charge in [0.25, 0.3) is 0 Å². The number of carbonyl (C=O) groups excluding carboxylic acids is 1. The number of halogens is 4. The Bertz CT molecular complexity index is 1020. The third-order valence-corrected chi connectivity index (χ3v) is 5.84. The Morgan fingerprint density at radius 1 is 1.14 bits per heavy atom. The molecule has 0 aromatic heterocycles. The van der Waals surface area contributed by atoms with Gasteiger partial charge in [0.15, 0.2) is 11.6 Å². The number of benzene rings is 2. The number of carbonyl (C=O) groups is 1. The summed E-state index contributed by atoms with van der Waals surface area (Å²) in [6, 6.07) is 6.77. The van der Waals surface area contributed by atoms with Crippen molar-refractivity contribution in [2.45, 2.75) is 32.7 Å². The highest BCUT2D eigenvalue weighted by Gasteiger charge is 2.45. The van der Waals surface area contributed by atoms with Crippen molar-refractivity contribution in [2.75, 3.05) is 5.32 Å². The molecule has 2 aliphatic rings. The Kier molecular flexibility index (Phi) is 4.71. The predicted molar refractivity (Wildman–Crippen MR) is 108 cm³/mol. The Hall–Kier alpha value is -1.98. The van der Waals surface area contributed by atoms with E-state index in [1.807, 2.05) is 13.8 Å². The fourth-order valence-electron chi connectivity index (χ4n) is 4.14. The maximum Gasteiger partial charge on any atom is 0.161 e. The number of nitrogens with zero attached hydrogens (tertiary/aromatic N) is 1. The van der Waals surface area contributed by atoms with E-state index in [0.29, 0.717) is 39.8 Å². The molecule has 7 heteroatoms. The molecule has 3 nitrogen and oxygen atoms in total. The molecule has 1 saturated carbocycles. The Morgan fingerprint density at radius 3 is 2.57 bits per heavy atom. The summed E-state index contributed by atoms with van der Waals surface area (Å²) < 4.78 is 27.7. The first-order valence-electron chi connectivity index (χ1n) is 8.97. The van der Waals surface area contributed by atoms with Crippen LogP contribution in [0.5, 0.6) is 0 Å². The van der Waals surface area contributed by atoms with Crippen molar-refractivity contribution in [2.24, 2.45) is 16.3 Å². The molecule has 1 heterocycles. The van der Waals surface area contributed by atoms with Gasteiger partial charge in [-0.3, -0.25) is 4.79 Å². The second-order valence-corrected chi connectivity index (χ2v) is 8.99. The Morgan fingerprint density at radius 2 is 1.86 bits per heavy atom. The van der Waals surface area contributed by atoms with Crippen molar-refractivity contribution in [3.05, 3.63) is 57.6 Å². The lowest BCUT2D eigenvalue weighted by Gasteiger charge is -2.40. The van der Waals surface area contributed by atoms with E-state index in [9.17, 15) is 13.6 Å². The largest absolute Gasteiger partial charge is 0.379 e. The lowest BCUT2D eigenvalue weighted by Crippen LogP contribution is -2.48. The molecule has 1 aliphatic carbocycles. The van der Waals surface area contributed by atoms with Crippen molar-refractivity contribution in [1.29, 1.82) is 0 Å². The average molecular weight is 423 g/mol. The second kappa shape index (κ2) is 6.82. The van der Waals surface area contributed by atoms with Crippen LogP contribution in [0.1, 0.15) is 32.3 Å². The van der Waals surface area contributed by atoms with Crippen LogP contribution in [0.15, 0.2) is 35.3 Å². The summed E-state index contributed by atoms with van der Waals surface area (Å²) in [6.45, 7) is 4.04. The van der Waals surface area contributed by atoms with Crippen LogP contribution in [0.25, 0.3) is 0 Å². The van der Waals surface area contributed by atoms with Crippen molar-refractivity contribution in [3.63, 3.8) is 0 Å². The quantitative estimate of drug-likeness (QED) is 0.594. The SMILES string of the molecule is CC1(C)CC(=O)C2C(c3ccc(Cl)cc3Cl)=Nc3cc(F)c(F)cc3NC2C1. The van der Waals surface area contributed by atoms with Crippen LogP contribution in [-0.2, 0) is 4.79 Å². The van der Waals surface area contributed by atoms with E-state index in [1.165, 1.54) is 0 Å². The Labute approximate surface area is 171 Å². The number of hydrogen-bond donors (Lipinski definition) is 1. The number of rotatable bonds is 1. The molecule has 2 unspecified atom stereocenters. The number of fused-ring (bicyclic) bond motifs is 2. The van der Waals surface area contributed by atoms with Gasteiger partial charge in [-0.1, -0.05) is 43.1 Å². The van der Waals surface area contributed by atoms with E-state index >= 15 is 0 Å². The predicted octanol–water partition coefficient (Wildman–Crippen LogP) is 6.19. The minimum atomic E-state index is -0.998. The van der Waals surface area contributed by atoms with Gasteiger partial charge in [0.05, 0.1) is 28.0 Å². The van der Waals surface area contributed by atoms with Gasteiger partial charge in [-0.05, 0) is 24.0 Å². The average Bonchev–Trinajstić information content (AvgIpc) is 2.71. The first-order chi connectivity index (χ1) is 13.1. The van der Waals surface area contributed by atoms with Crippen LogP contribution in [0.3, 0.4) is 0 Å². The van der Waals surface area contributed by atoms with Crippen molar-refractivity contribution in [1.82, 2.24) is 0 Å². The van der Waals surface area contributed by atoms with Crippen molar-refractivity contribution in [3.8, 4) is 0 Å². The molecule has 0 bridgehead atoms. The zero-order valence-electron chi connectivity index (χ0n) is 15.3. The van der Waals surface area contributed by atoms with E-state index in [0.717, 1.165) is 12.1 Å². The first-order valence-corrected chi connectivity index (χ1v) is 9.72. The zero-order chi connectivity index (χ0) is 20.2. The molecular formula is C21H18Cl2F2N2O. The molecular weight excluding hydrogens is 405 g/mol. The van der Waals surface area contributed by atoms with E-state index in [2.05, 4.69) is 10.3 Å². The van der Waals surface area contributed by atoms with Crippen LogP contribution in [0.2, 0.25) is 10.0 Å². The fraction of sp³-hybridized carbons (Fsp3) is 0.333. The van der Waals surface area contributed by atoms with Gasteiger partial charge in [-0.15, -0.1) is 0 Å². The monoisotopic (exact) mass is 422 g/mol. The van der Waals surface area contributed by atoms with Crippen molar-refractivity contribution >= 4 is 46.1 Å². The van der Waals surface area contributed by atoms with Gasteiger partial charge >= 0.3 is 0 Å². The Balaban J connectivity index is 1.94. The summed E-state index contributed by atoms with van der Waals surface area (Å²) in [4.78, 5) is 17.7. The number of anilines is 1. The topological polar surface area (TPSA) is 41.5 Å². The molecule has 1 fully saturated rings. The summed E-state index contributed by atoms with van der Waals surface area (Å²) in [5.41, 5.74) is 1.39. The van der Waals surface area contributed by atoms with Crippen LogP contribution in [0.4, 0.5) is 20.2 Å². The van der Waals surface area contributed by atoms with E-state index < -0.39 is 17.6 Å². The highest BCUT2D eigenvalue weighted by atomic mass is 35.5. The molecule has 0 saturated heterocycles. The molecule has 2 aromatic carbocycles. The van der Waals surface area contributed by atoms with Crippen LogP contribution < -0.4 is 5.32 Å². The molecule has 2 aromatic rings. The standard InChI is InChI=1S/C21H18Cl2F2N2O/c1-21(2)8-17-19(18(28)9-21)20(11-4-3-10(22)5-12(11)23)27-16-7-14(25)13(24)6-15(16)26-17/h3-7,17,19,26H,8-9H2,1-2H3. The molecule has 2 atom stereocenters. The lowest BCUT2D eigenvalue weighted by atomic mass is 9.67.